The SMILES string of the molecule is COC(=O)C(N)CN1CCCCC1C. The summed E-state index contributed by atoms with van der Waals surface area (Å²) in [4.78, 5) is 13.4. The second-order valence-corrected chi connectivity index (χ2v) is 3.97. The number of likely N-dealkylation sites (tertiary alicyclic amines) is 1. The third kappa shape index (κ3) is 2.96. The average molecular weight is 200 g/mol. The molecule has 14 heavy (non-hydrogen) atoms. The van der Waals surface area contributed by atoms with Crippen molar-refractivity contribution in [1.29, 1.82) is 0 Å². The Bertz CT molecular complexity index is 197. The summed E-state index contributed by atoms with van der Waals surface area (Å²) in [6.07, 6.45) is 3.69. The van der Waals surface area contributed by atoms with Crippen molar-refractivity contribution >= 4 is 5.97 Å². The number of nitrogens with two attached hydrogens (primary N) is 1. The predicted molar refractivity (Wildman–Crippen MR) is 54.9 cm³/mol. The molecular weight excluding hydrogens is 180 g/mol. The third-order valence-corrected chi connectivity index (χ3v) is 2.88. The summed E-state index contributed by atoms with van der Waals surface area (Å²) in [5.74, 6) is -0.317. The summed E-state index contributed by atoms with van der Waals surface area (Å²) < 4.78 is 4.60. The van der Waals surface area contributed by atoms with E-state index < -0.39 is 6.04 Å². The van der Waals surface area contributed by atoms with E-state index in [2.05, 4.69) is 16.6 Å². The lowest BCUT2D eigenvalue weighted by Crippen LogP contribution is -2.48. The van der Waals surface area contributed by atoms with Crippen molar-refractivity contribution in [1.82, 2.24) is 4.90 Å². The van der Waals surface area contributed by atoms with Gasteiger partial charge in [0.25, 0.3) is 0 Å². The van der Waals surface area contributed by atoms with Gasteiger partial charge in [-0.15, -0.1) is 0 Å². The summed E-state index contributed by atoms with van der Waals surface area (Å²) in [6, 6.07) is 0.0417. The number of rotatable bonds is 3. The van der Waals surface area contributed by atoms with E-state index in [-0.39, 0.29) is 5.97 Å². The van der Waals surface area contributed by atoms with Gasteiger partial charge in [0.05, 0.1) is 7.11 Å². The number of hydrogen-bond acceptors (Lipinski definition) is 4. The molecule has 2 N–H and O–H groups in total. The Morgan fingerprint density at radius 2 is 2.36 bits per heavy atom. The number of ether oxygens (including phenoxy) is 1. The van der Waals surface area contributed by atoms with Crippen LogP contribution in [0.2, 0.25) is 0 Å². The van der Waals surface area contributed by atoms with E-state index in [4.69, 9.17) is 5.73 Å². The fraction of sp³-hybridized carbons (Fsp3) is 0.900. The highest BCUT2D eigenvalue weighted by molar-refractivity contribution is 5.75. The summed E-state index contributed by atoms with van der Waals surface area (Å²) >= 11 is 0. The van der Waals surface area contributed by atoms with Gasteiger partial charge in [0.1, 0.15) is 6.04 Å². The monoisotopic (exact) mass is 200 g/mol. The molecule has 0 aliphatic carbocycles. The maximum Gasteiger partial charge on any atom is 0.323 e. The molecule has 0 spiro atoms. The highest BCUT2D eigenvalue weighted by atomic mass is 16.5. The Hall–Kier alpha value is -0.610. The van der Waals surface area contributed by atoms with Crippen LogP contribution in [-0.2, 0) is 9.53 Å². The second-order valence-electron chi connectivity index (χ2n) is 3.97. The van der Waals surface area contributed by atoms with Gasteiger partial charge in [0.15, 0.2) is 0 Å². The third-order valence-electron chi connectivity index (χ3n) is 2.88. The first kappa shape index (κ1) is 11.5. The van der Waals surface area contributed by atoms with E-state index in [0.717, 1.165) is 6.54 Å². The Morgan fingerprint density at radius 1 is 1.64 bits per heavy atom. The standard InChI is InChI=1S/C10H20N2O2/c1-8-5-3-4-6-12(8)7-9(11)10(13)14-2/h8-9H,3-7,11H2,1-2H3. The lowest BCUT2D eigenvalue weighted by Gasteiger charge is -2.34. The average Bonchev–Trinajstić information content (AvgIpc) is 2.20. The van der Waals surface area contributed by atoms with E-state index >= 15 is 0 Å². The second kappa shape index (κ2) is 5.32. The molecule has 0 aromatic rings. The van der Waals surface area contributed by atoms with Crippen molar-refractivity contribution in [3.63, 3.8) is 0 Å². The van der Waals surface area contributed by atoms with Crippen molar-refractivity contribution < 1.29 is 9.53 Å². The van der Waals surface area contributed by atoms with Gasteiger partial charge in [-0.25, -0.2) is 0 Å². The van der Waals surface area contributed by atoms with Crippen molar-refractivity contribution in [2.24, 2.45) is 5.73 Å². The van der Waals surface area contributed by atoms with Gasteiger partial charge in [-0.1, -0.05) is 6.42 Å². The van der Waals surface area contributed by atoms with E-state index in [1.54, 1.807) is 0 Å². The zero-order valence-electron chi connectivity index (χ0n) is 9.03. The van der Waals surface area contributed by atoms with Crippen LogP contribution in [0.15, 0.2) is 0 Å². The topological polar surface area (TPSA) is 55.6 Å². The van der Waals surface area contributed by atoms with Crippen LogP contribution in [0.1, 0.15) is 26.2 Å². The van der Waals surface area contributed by atoms with Crippen molar-refractivity contribution in [2.75, 3.05) is 20.2 Å². The van der Waals surface area contributed by atoms with Gasteiger partial charge in [0, 0.05) is 12.6 Å². The lowest BCUT2D eigenvalue weighted by molar-refractivity contribution is -0.142. The Balaban J connectivity index is 2.38. The molecule has 1 aliphatic heterocycles. The smallest absolute Gasteiger partial charge is 0.323 e. The highest BCUT2D eigenvalue weighted by Gasteiger charge is 2.23. The van der Waals surface area contributed by atoms with Crippen LogP contribution in [0.4, 0.5) is 0 Å². The van der Waals surface area contributed by atoms with Gasteiger partial charge in [-0.2, -0.15) is 0 Å². The van der Waals surface area contributed by atoms with E-state index in [0.29, 0.717) is 12.6 Å². The molecule has 1 fully saturated rings. The molecule has 0 bridgehead atoms. The van der Waals surface area contributed by atoms with Gasteiger partial charge < -0.3 is 10.5 Å². The Morgan fingerprint density at radius 3 is 2.93 bits per heavy atom. The number of carbonyl (C=O) groups excluding carboxylic acids is 1. The molecule has 1 saturated heterocycles. The normalized spacial score (nSPS) is 25.8. The molecule has 0 radical (unpaired) electrons. The van der Waals surface area contributed by atoms with E-state index in [9.17, 15) is 4.79 Å². The fourth-order valence-corrected chi connectivity index (χ4v) is 1.91. The largest absolute Gasteiger partial charge is 0.468 e. The summed E-state index contributed by atoms with van der Waals surface area (Å²) in [5, 5.41) is 0. The van der Waals surface area contributed by atoms with Crippen LogP contribution in [0.3, 0.4) is 0 Å². The number of methoxy groups -OCH3 is 1. The lowest BCUT2D eigenvalue weighted by atomic mass is 10.0. The van der Waals surface area contributed by atoms with Crippen LogP contribution in [0, 0.1) is 0 Å². The zero-order valence-corrected chi connectivity index (χ0v) is 9.03. The highest BCUT2D eigenvalue weighted by Crippen LogP contribution is 2.16. The van der Waals surface area contributed by atoms with E-state index in [1.807, 2.05) is 0 Å². The minimum atomic E-state index is -0.499. The Labute approximate surface area is 85.4 Å². The van der Waals surface area contributed by atoms with Crippen molar-refractivity contribution in [3.8, 4) is 0 Å². The fourth-order valence-electron chi connectivity index (χ4n) is 1.91. The number of hydrogen-bond donors (Lipinski definition) is 1. The maximum atomic E-state index is 11.1. The molecule has 0 amide bonds. The van der Waals surface area contributed by atoms with Crippen LogP contribution >= 0.6 is 0 Å². The summed E-state index contributed by atoms with van der Waals surface area (Å²) in [7, 11) is 1.38. The number of carbonyl (C=O) groups is 1. The van der Waals surface area contributed by atoms with Crippen LogP contribution < -0.4 is 5.73 Å². The maximum absolute atomic E-state index is 11.1. The van der Waals surface area contributed by atoms with Gasteiger partial charge in [-0.05, 0) is 26.3 Å². The number of esters is 1. The quantitative estimate of drug-likeness (QED) is 0.668. The van der Waals surface area contributed by atoms with Gasteiger partial charge >= 0.3 is 5.97 Å². The minimum absolute atomic E-state index is 0.317. The first-order valence-electron chi connectivity index (χ1n) is 5.22. The molecule has 1 rings (SSSR count). The molecular formula is C10H20N2O2. The van der Waals surface area contributed by atoms with Gasteiger partial charge in [-0.3, -0.25) is 9.69 Å². The zero-order chi connectivity index (χ0) is 10.6. The Kier molecular flexibility index (Phi) is 4.35. The molecule has 0 saturated carbocycles. The van der Waals surface area contributed by atoms with Gasteiger partial charge in [0.2, 0.25) is 0 Å². The van der Waals surface area contributed by atoms with Crippen LogP contribution in [0.25, 0.3) is 0 Å². The molecule has 0 aromatic carbocycles. The molecule has 1 aliphatic rings. The first-order chi connectivity index (χ1) is 6.65. The summed E-state index contributed by atoms with van der Waals surface area (Å²) in [6.45, 7) is 3.85. The minimum Gasteiger partial charge on any atom is -0.468 e. The van der Waals surface area contributed by atoms with E-state index in [1.165, 1.54) is 26.4 Å². The predicted octanol–water partition coefficient (Wildman–Crippen LogP) is 0.361. The summed E-state index contributed by atoms with van der Waals surface area (Å²) in [5.41, 5.74) is 5.70. The molecule has 4 nitrogen and oxygen atoms in total. The molecule has 82 valence electrons. The molecule has 2 atom stereocenters. The number of nitrogens with zero attached hydrogens (tertiary/aromatic N) is 1. The first-order valence-corrected chi connectivity index (χ1v) is 5.22. The molecule has 2 unspecified atom stereocenters. The van der Waals surface area contributed by atoms with Crippen LogP contribution in [-0.4, -0.2) is 43.2 Å². The molecule has 4 heteroatoms. The number of piperidine rings is 1. The van der Waals surface area contributed by atoms with Crippen molar-refractivity contribution in [3.05, 3.63) is 0 Å². The van der Waals surface area contributed by atoms with Crippen molar-refractivity contribution in [2.45, 2.75) is 38.3 Å². The molecule has 0 aromatic heterocycles. The van der Waals surface area contributed by atoms with Crippen LogP contribution in [0.5, 0.6) is 0 Å². The molecule has 1 heterocycles.